The lowest BCUT2D eigenvalue weighted by atomic mass is 10.0. The van der Waals surface area contributed by atoms with E-state index in [9.17, 15) is 4.79 Å². The van der Waals surface area contributed by atoms with Gasteiger partial charge in [0, 0.05) is 42.8 Å². The third-order valence-electron chi connectivity index (χ3n) is 6.93. The van der Waals surface area contributed by atoms with Crippen LogP contribution in [0.4, 0.5) is 5.69 Å². The van der Waals surface area contributed by atoms with Crippen molar-refractivity contribution in [3.8, 4) is 28.8 Å². The van der Waals surface area contributed by atoms with Gasteiger partial charge in [0.2, 0.25) is 0 Å². The van der Waals surface area contributed by atoms with Crippen molar-refractivity contribution in [2.75, 3.05) is 44.3 Å². The number of pyridine rings is 1. The van der Waals surface area contributed by atoms with Crippen LogP contribution in [0.2, 0.25) is 0 Å². The van der Waals surface area contributed by atoms with E-state index in [0.29, 0.717) is 43.2 Å². The first-order valence-electron chi connectivity index (χ1n) is 12.5. The summed E-state index contributed by atoms with van der Waals surface area (Å²) in [6.07, 6.45) is 0.865. The maximum absolute atomic E-state index is 13.9. The highest BCUT2D eigenvalue weighted by Crippen LogP contribution is 2.35. The third-order valence-corrected chi connectivity index (χ3v) is 6.93. The fourth-order valence-electron chi connectivity index (χ4n) is 5.00. The molecule has 3 heterocycles. The minimum absolute atomic E-state index is 0.0130. The van der Waals surface area contributed by atoms with Crippen LogP contribution in [0.3, 0.4) is 0 Å². The number of carbonyl (C=O) groups is 1. The molecule has 0 atom stereocenters. The van der Waals surface area contributed by atoms with Gasteiger partial charge in [-0.25, -0.2) is 4.98 Å². The predicted octanol–water partition coefficient (Wildman–Crippen LogP) is 4.90. The summed E-state index contributed by atoms with van der Waals surface area (Å²) >= 11 is 0. The van der Waals surface area contributed by atoms with E-state index in [1.54, 1.807) is 0 Å². The minimum atomic E-state index is 0.0130. The number of hydrogen-bond donors (Lipinski definition) is 0. The summed E-state index contributed by atoms with van der Waals surface area (Å²) in [5, 5.41) is 9.93. The zero-order valence-electron chi connectivity index (χ0n) is 20.4. The molecule has 6 rings (SSSR count). The van der Waals surface area contributed by atoms with Gasteiger partial charge >= 0.3 is 0 Å². The molecule has 2 aliphatic rings. The number of nitrogens with zero attached hydrogens (tertiary/aromatic N) is 4. The van der Waals surface area contributed by atoms with Crippen molar-refractivity contribution in [1.82, 2.24) is 9.88 Å². The highest BCUT2D eigenvalue weighted by atomic mass is 16.6. The van der Waals surface area contributed by atoms with Gasteiger partial charge in [0.05, 0.1) is 28.4 Å². The average Bonchev–Trinajstić information content (AvgIpc) is 3.22. The molecule has 37 heavy (non-hydrogen) atoms. The van der Waals surface area contributed by atoms with Gasteiger partial charge in [-0.1, -0.05) is 18.2 Å². The lowest BCUT2D eigenvalue weighted by molar-refractivity contribution is 0.0769. The standard InChI is InChI=1S/C30H26N4O3/c31-20-21-6-9-23(10-7-21)33-12-3-13-34(15-14-33)30(35)25-19-27(32-26-5-2-1-4-24(25)26)22-8-11-28-29(18-22)37-17-16-36-28/h1-2,4-11,18-19H,3,12-17H2. The Labute approximate surface area is 215 Å². The van der Waals surface area contributed by atoms with Crippen molar-refractivity contribution in [1.29, 1.82) is 5.26 Å². The SMILES string of the molecule is N#Cc1ccc(N2CCCN(C(=O)c3cc(-c4ccc5c(c4)OCCO5)nc4ccccc34)CC2)cc1. The fourth-order valence-corrected chi connectivity index (χ4v) is 5.00. The van der Waals surface area contributed by atoms with Gasteiger partial charge in [-0.15, -0.1) is 0 Å². The quantitative estimate of drug-likeness (QED) is 0.407. The molecule has 4 aromatic rings. The molecule has 7 nitrogen and oxygen atoms in total. The van der Waals surface area contributed by atoms with E-state index in [0.717, 1.165) is 53.1 Å². The van der Waals surface area contributed by atoms with Gasteiger partial charge in [0.15, 0.2) is 11.5 Å². The molecule has 0 saturated carbocycles. The second-order valence-electron chi connectivity index (χ2n) is 9.22. The minimum Gasteiger partial charge on any atom is -0.486 e. The predicted molar refractivity (Wildman–Crippen MR) is 142 cm³/mol. The van der Waals surface area contributed by atoms with Gasteiger partial charge in [0.25, 0.3) is 5.91 Å². The Morgan fingerprint density at radius 3 is 2.51 bits per heavy atom. The number of para-hydroxylation sites is 1. The summed E-state index contributed by atoms with van der Waals surface area (Å²) < 4.78 is 11.4. The molecule has 0 unspecified atom stereocenters. The number of rotatable bonds is 3. The van der Waals surface area contributed by atoms with Crippen LogP contribution in [0.15, 0.2) is 72.8 Å². The number of anilines is 1. The number of amides is 1. The summed E-state index contributed by atoms with van der Waals surface area (Å²) in [4.78, 5) is 23.0. The normalized spacial score (nSPS) is 15.2. The molecule has 1 saturated heterocycles. The van der Waals surface area contributed by atoms with Crippen LogP contribution in [0, 0.1) is 11.3 Å². The van der Waals surface area contributed by atoms with Crippen molar-refractivity contribution in [3.63, 3.8) is 0 Å². The van der Waals surface area contributed by atoms with Crippen molar-refractivity contribution in [3.05, 3.63) is 83.9 Å². The van der Waals surface area contributed by atoms with E-state index in [2.05, 4.69) is 11.0 Å². The summed E-state index contributed by atoms with van der Waals surface area (Å²) in [7, 11) is 0. The number of aromatic nitrogens is 1. The van der Waals surface area contributed by atoms with Gasteiger partial charge in [-0.2, -0.15) is 5.26 Å². The number of benzene rings is 3. The Kier molecular flexibility index (Phi) is 6.07. The van der Waals surface area contributed by atoms with Gasteiger partial charge < -0.3 is 19.3 Å². The summed E-state index contributed by atoms with van der Waals surface area (Å²) in [6, 6.07) is 25.3. The van der Waals surface area contributed by atoms with Crippen LogP contribution < -0.4 is 14.4 Å². The molecular formula is C30H26N4O3. The van der Waals surface area contributed by atoms with Gasteiger partial charge in [-0.05, 0) is 61.0 Å². The smallest absolute Gasteiger partial charge is 0.254 e. The van der Waals surface area contributed by atoms with E-state index >= 15 is 0 Å². The highest BCUT2D eigenvalue weighted by molar-refractivity contribution is 6.07. The molecule has 7 heteroatoms. The molecule has 3 aromatic carbocycles. The van der Waals surface area contributed by atoms with E-state index < -0.39 is 0 Å². The Balaban J connectivity index is 1.30. The molecule has 1 fully saturated rings. The van der Waals surface area contributed by atoms with Crippen LogP contribution in [0.5, 0.6) is 11.5 Å². The maximum Gasteiger partial charge on any atom is 0.254 e. The first-order valence-corrected chi connectivity index (χ1v) is 12.5. The monoisotopic (exact) mass is 490 g/mol. The van der Waals surface area contributed by atoms with Gasteiger partial charge in [0.1, 0.15) is 13.2 Å². The lowest BCUT2D eigenvalue weighted by Gasteiger charge is -2.24. The molecule has 2 aliphatic heterocycles. The van der Waals surface area contributed by atoms with E-state index in [-0.39, 0.29) is 5.91 Å². The number of ether oxygens (including phenoxy) is 2. The number of nitriles is 1. The van der Waals surface area contributed by atoms with Crippen molar-refractivity contribution in [2.45, 2.75) is 6.42 Å². The van der Waals surface area contributed by atoms with E-state index in [1.807, 2.05) is 77.7 Å². The van der Waals surface area contributed by atoms with E-state index in [4.69, 9.17) is 19.7 Å². The zero-order chi connectivity index (χ0) is 25.2. The summed E-state index contributed by atoms with van der Waals surface area (Å²) in [5.41, 5.74) is 4.77. The van der Waals surface area contributed by atoms with Crippen LogP contribution in [-0.2, 0) is 0 Å². The first kappa shape index (κ1) is 22.9. The molecule has 0 bridgehead atoms. The molecule has 184 valence electrons. The molecular weight excluding hydrogens is 464 g/mol. The summed E-state index contributed by atoms with van der Waals surface area (Å²) in [5.74, 6) is 1.43. The molecule has 1 aromatic heterocycles. The number of hydrogen-bond acceptors (Lipinski definition) is 6. The fraction of sp³-hybridized carbons (Fsp3) is 0.233. The molecule has 0 radical (unpaired) electrons. The van der Waals surface area contributed by atoms with Gasteiger partial charge in [-0.3, -0.25) is 4.79 Å². The van der Waals surface area contributed by atoms with Crippen LogP contribution >= 0.6 is 0 Å². The second-order valence-corrected chi connectivity index (χ2v) is 9.22. The Hall–Kier alpha value is -4.57. The van der Waals surface area contributed by atoms with Crippen LogP contribution in [0.1, 0.15) is 22.3 Å². The second kappa shape index (κ2) is 9.82. The maximum atomic E-state index is 13.9. The number of fused-ring (bicyclic) bond motifs is 2. The van der Waals surface area contributed by atoms with Crippen molar-refractivity contribution in [2.24, 2.45) is 0 Å². The Morgan fingerprint density at radius 1 is 0.865 bits per heavy atom. The largest absolute Gasteiger partial charge is 0.486 e. The van der Waals surface area contributed by atoms with Crippen molar-refractivity contribution >= 4 is 22.5 Å². The van der Waals surface area contributed by atoms with Crippen LogP contribution in [-0.4, -0.2) is 55.2 Å². The zero-order valence-corrected chi connectivity index (χ0v) is 20.4. The first-order chi connectivity index (χ1) is 18.2. The third kappa shape index (κ3) is 4.54. The topological polar surface area (TPSA) is 78.7 Å². The lowest BCUT2D eigenvalue weighted by Crippen LogP contribution is -2.35. The Morgan fingerprint density at radius 2 is 1.68 bits per heavy atom. The Bertz CT molecular complexity index is 1510. The van der Waals surface area contributed by atoms with Crippen molar-refractivity contribution < 1.29 is 14.3 Å². The molecule has 0 spiro atoms. The molecule has 0 N–H and O–H groups in total. The highest BCUT2D eigenvalue weighted by Gasteiger charge is 2.23. The average molecular weight is 491 g/mol. The number of carbonyl (C=O) groups excluding carboxylic acids is 1. The molecule has 1 amide bonds. The van der Waals surface area contributed by atoms with Crippen LogP contribution in [0.25, 0.3) is 22.2 Å². The molecule has 0 aliphatic carbocycles. The summed E-state index contributed by atoms with van der Waals surface area (Å²) in [6.45, 7) is 3.94. The van der Waals surface area contributed by atoms with E-state index in [1.165, 1.54) is 0 Å².